The highest BCUT2D eigenvalue weighted by atomic mass is 16.7. The number of nitrogens with zero attached hydrogens (tertiary/aromatic N) is 3. The fourth-order valence-corrected chi connectivity index (χ4v) is 2.40. The van der Waals surface area contributed by atoms with Crippen molar-refractivity contribution in [2.45, 2.75) is 13.5 Å². The van der Waals surface area contributed by atoms with E-state index >= 15 is 0 Å². The zero-order valence-corrected chi connectivity index (χ0v) is 11.5. The number of anilines is 2. The second-order valence-electron chi connectivity index (χ2n) is 4.80. The molecule has 0 saturated heterocycles. The van der Waals surface area contributed by atoms with Gasteiger partial charge < -0.3 is 14.8 Å². The van der Waals surface area contributed by atoms with Crippen LogP contribution < -0.4 is 14.8 Å². The van der Waals surface area contributed by atoms with Gasteiger partial charge in [0.05, 0.1) is 11.9 Å². The summed E-state index contributed by atoms with van der Waals surface area (Å²) in [5, 5.41) is 9.60. The first-order valence-electron chi connectivity index (χ1n) is 6.81. The molecule has 0 amide bonds. The number of benzene rings is 1. The Morgan fingerprint density at radius 3 is 2.95 bits per heavy atom. The standard InChI is InChI=1S/C15H14N4O2/c1-2-19-8-11(7-17-19)18-15-12-6-14-13(20-9-21-14)5-10(12)3-4-16-15/h3-8H,2,9H2,1H3,(H,16,18). The summed E-state index contributed by atoms with van der Waals surface area (Å²) in [6, 6.07) is 5.88. The van der Waals surface area contributed by atoms with E-state index in [-0.39, 0.29) is 6.79 Å². The van der Waals surface area contributed by atoms with E-state index in [4.69, 9.17) is 9.47 Å². The number of rotatable bonds is 3. The maximum absolute atomic E-state index is 5.44. The van der Waals surface area contributed by atoms with E-state index in [1.807, 2.05) is 36.0 Å². The van der Waals surface area contributed by atoms with Crippen LogP contribution in [0, 0.1) is 0 Å². The first-order valence-corrected chi connectivity index (χ1v) is 6.81. The molecule has 0 bridgehead atoms. The molecule has 1 aliphatic rings. The van der Waals surface area contributed by atoms with Crippen molar-refractivity contribution in [2.24, 2.45) is 0 Å². The minimum Gasteiger partial charge on any atom is -0.454 e. The molecule has 0 spiro atoms. The summed E-state index contributed by atoms with van der Waals surface area (Å²) in [7, 11) is 0. The second-order valence-corrected chi connectivity index (χ2v) is 4.80. The van der Waals surface area contributed by atoms with E-state index in [0.717, 1.165) is 40.3 Å². The fraction of sp³-hybridized carbons (Fsp3) is 0.200. The molecule has 21 heavy (non-hydrogen) atoms. The Morgan fingerprint density at radius 1 is 1.29 bits per heavy atom. The number of hydrogen-bond acceptors (Lipinski definition) is 5. The number of pyridine rings is 1. The average Bonchev–Trinajstić information content (AvgIpc) is 3.13. The molecule has 1 aliphatic heterocycles. The highest BCUT2D eigenvalue weighted by molar-refractivity contribution is 5.95. The number of hydrogen-bond donors (Lipinski definition) is 1. The van der Waals surface area contributed by atoms with Crippen molar-refractivity contribution in [3.05, 3.63) is 36.8 Å². The van der Waals surface area contributed by atoms with Gasteiger partial charge in [-0.05, 0) is 30.5 Å². The van der Waals surface area contributed by atoms with Crippen molar-refractivity contribution >= 4 is 22.3 Å². The molecule has 3 heterocycles. The molecule has 106 valence electrons. The lowest BCUT2D eigenvalue weighted by Crippen LogP contribution is -1.95. The quantitative estimate of drug-likeness (QED) is 0.800. The number of fused-ring (bicyclic) bond motifs is 2. The van der Waals surface area contributed by atoms with Gasteiger partial charge >= 0.3 is 0 Å². The molecule has 0 radical (unpaired) electrons. The van der Waals surface area contributed by atoms with E-state index < -0.39 is 0 Å². The molecule has 6 heteroatoms. The lowest BCUT2D eigenvalue weighted by atomic mass is 10.1. The molecule has 0 saturated carbocycles. The Morgan fingerprint density at radius 2 is 2.14 bits per heavy atom. The number of aryl methyl sites for hydroxylation is 1. The Balaban J connectivity index is 1.77. The van der Waals surface area contributed by atoms with Gasteiger partial charge in [0.15, 0.2) is 11.5 Å². The predicted molar refractivity (Wildman–Crippen MR) is 79.0 cm³/mol. The van der Waals surface area contributed by atoms with Crippen LogP contribution in [0.1, 0.15) is 6.92 Å². The summed E-state index contributed by atoms with van der Waals surface area (Å²) < 4.78 is 12.7. The molecule has 2 aromatic heterocycles. The zero-order chi connectivity index (χ0) is 14.2. The second kappa shape index (κ2) is 4.66. The van der Waals surface area contributed by atoms with Gasteiger partial charge in [0, 0.05) is 24.3 Å². The van der Waals surface area contributed by atoms with E-state index in [9.17, 15) is 0 Å². The van der Waals surface area contributed by atoms with Gasteiger partial charge in [-0.3, -0.25) is 4.68 Å². The highest BCUT2D eigenvalue weighted by Crippen LogP contribution is 2.38. The van der Waals surface area contributed by atoms with Crippen molar-refractivity contribution in [1.29, 1.82) is 0 Å². The van der Waals surface area contributed by atoms with E-state index in [1.54, 1.807) is 12.4 Å². The van der Waals surface area contributed by atoms with Crippen LogP contribution in [-0.2, 0) is 6.54 Å². The van der Waals surface area contributed by atoms with E-state index in [2.05, 4.69) is 15.4 Å². The number of nitrogens with one attached hydrogen (secondary N) is 1. The molecule has 0 aliphatic carbocycles. The Labute approximate surface area is 121 Å². The molecule has 0 atom stereocenters. The van der Waals surface area contributed by atoms with Crippen molar-refractivity contribution in [3.8, 4) is 11.5 Å². The Hall–Kier alpha value is -2.76. The molecule has 1 N–H and O–H groups in total. The van der Waals surface area contributed by atoms with E-state index in [1.165, 1.54) is 0 Å². The first kappa shape index (κ1) is 12.0. The summed E-state index contributed by atoms with van der Waals surface area (Å²) in [6.07, 6.45) is 5.52. The van der Waals surface area contributed by atoms with Gasteiger partial charge in [0.2, 0.25) is 6.79 Å². The third kappa shape index (κ3) is 2.05. The molecule has 4 rings (SSSR count). The fourth-order valence-electron chi connectivity index (χ4n) is 2.40. The average molecular weight is 282 g/mol. The normalized spacial score (nSPS) is 12.8. The molecular weight excluding hydrogens is 268 g/mol. The number of aromatic nitrogens is 3. The molecule has 0 unspecified atom stereocenters. The van der Waals surface area contributed by atoms with Crippen LogP contribution >= 0.6 is 0 Å². The minimum absolute atomic E-state index is 0.269. The summed E-state index contributed by atoms with van der Waals surface area (Å²) in [6.45, 7) is 3.15. The largest absolute Gasteiger partial charge is 0.454 e. The van der Waals surface area contributed by atoms with Crippen molar-refractivity contribution in [3.63, 3.8) is 0 Å². The van der Waals surface area contributed by atoms with Gasteiger partial charge in [-0.1, -0.05) is 0 Å². The maximum Gasteiger partial charge on any atom is 0.231 e. The smallest absolute Gasteiger partial charge is 0.231 e. The Bertz CT molecular complexity index is 813. The monoisotopic (exact) mass is 282 g/mol. The van der Waals surface area contributed by atoms with Gasteiger partial charge in [0.25, 0.3) is 0 Å². The molecular formula is C15H14N4O2. The predicted octanol–water partition coefficient (Wildman–Crippen LogP) is 2.92. The number of ether oxygens (including phenoxy) is 2. The molecule has 6 nitrogen and oxygen atoms in total. The van der Waals surface area contributed by atoms with Crippen molar-refractivity contribution in [2.75, 3.05) is 12.1 Å². The third-order valence-corrected chi connectivity index (χ3v) is 3.48. The summed E-state index contributed by atoms with van der Waals surface area (Å²) in [5.41, 5.74) is 0.912. The molecule has 3 aromatic rings. The zero-order valence-electron chi connectivity index (χ0n) is 11.5. The minimum atomic E-state index is 0.269. The lowest BCUT2D eigenvalue weighted by molar-refractivity contribution is 0.174. The van der Waals surface area contributed by atoms with E-state index in [0.29, 0.717) is 0 Å². The SMILES string of the molecule is CCn1cc(Nc2nccc3cc4c(cc23)OCO4)cn1. The van der Waals surface area contributed by atoms with Gasteiger partial charge in [-0.2, -0.15) is 5.10 Å². The first-order chi connectivity index (χ1) is 10.3. The topological polar surface area (TPSA) is 61.2 Å². The molecule has 1 aromatic carbocycles. The van der Waals surface area contributed by atoms with Crippen LogP contribution in [-0.4, -0.2) is 21.6 Å². The van der Waals surface area contributed by atoms with Crippen LogP contribution in [0.25, 0.3) is 10.8 Å². The van der Waals surface area contributed by atoms with Gasteiger partial charge in [-0.15, -0.1) is 0 Å². The van der Waals surface area contributed by atoms with Gasteiger partial charge in [-0.25, -0.2) is 4.98 Å². The summed E-state index contributed by atoms with van der Waals surface area (Å²) in [5.74, 6) is 2.31. The lowest BCUT2D eigenvalue weighted by Gasteiger charge is -2.07. The maximum atomic E-state index is 5.44. The Kier molecular flexibility index (Phi) is 2.67. The van der Waals surface area contributed by atoms with Crippen LogP contribution in [0.2, 0.25) is 0 Å². The third-order valence-electron chi connectivity index (χ3n) is 3.48. The summed E-state index contributed by atoms with van der Waals surface area (Å²) >= 11 is 0. The van der Waals surface area contributed by atoms with Crippen LogP contribution in [0.15, 0.2) is 36.8 Å². The molecule has 0 fully saturated rings. The van der Waals surface area contributed by atoms with Crippen LogP contribution in [0.4, 0.5) is 11.5 Å². The summed E-state index contributed by atoms with van der Waals surface area (Å²) in [4.78, 5) is 4.42. The van der Waals surface area contributed by atoms with Gasteiger partial charge in [0.1, 0.15) is 5.82 Å². The van der Waals surface area contributed by atoms with Crippen molar-refractivity contribution < 1.29 is 9.47 Å². The van der Waals surface area contributed by atoms with Crippen molar-refractivity contribution in [1.82, 2.24) is 14.8 Å². The van der Waals surface area contributed by atoms with Crippen LogP contribution in [0.3, 0.4) is 0 Å². The van der Waals surface area contributed by atoms with Crippen LogP contribution in [0.5, 0.6) is 11.5 Å². The highest BCUT2D eigenvalue weighted by Gasteiger charge is 2.16.